The summed E-state index contributed by atoms with van der Waals surface area (Å²) in [4.78, 5) is 26.3. The number of nitrogens with zero attached hydrogens (tertiary/aromatic N) is 1. The number of carbonyl (C=O) groups is 1. The Morgan fingerprint density at radius 2 is 1.79 bits per heavy atom. The van der Waals surface area contributed by atoms with Gasteiger partial charge in [0, 0.05) is 0 Å². The number of ether oxygens (including phenoxy) is 1. The number of fused-ring (bicyclic) bond motifs is 1. The quantitative estimate of drug-likeness (QED) is 0.318. The average Bonchev–Trinajstić information content (AvgIpc) is 2.56. The first kappa shape index (κ1) is 17.7. The number of hydrogen-bond acceptors (Lipinski definition) is 5. The van der Waals surface area contributed by atoms with Crippen LogP contribution in [0.25, 0.3) is 10.8 Å². The van der Waals surface area contributed by atoms with Gasteiger partial charge in [-0.3, -0.25) is 4.79 Å². The maximum Gasteiger partial charge on any atom is 0.313 e. The van der Waals surface area contributed by atoms with Gasteiger partial charge in [-0.2, -0.15) is 0 Å². The van der Waals surface area contributed by atoms with Crippen molar-refractivity contribution in [1.82, 2.24) is 0 Å². The summed E-state index contributed by atoms with van der Waals surface area (Å²) in [6, 6.07) is 12.2. The highest BCUT2D eigenvalue weighted by Crippen LogP contribution is 2.23. The predicted octanol–water partition coefficient (Wildman–Crippen LogP) is 3.78. The fraction of sp³-hybridized carbons (Fsp3) is 0.389. The number of aryl methyl sites for hydroxylation is 1. The van der Waals surface area contributed by atoms with Crippen LogP contribution < -0.4 is 0 Å². The first-order chi connectivity index (χ1) is 11.5. The van der Waals surface area contributed by atoms with E-state index in [-0.39, 0.29) is 25.1 Å². The Kier molecular flexibility index (Phi) is 6.12. The van der Waals surface area contributed by atoms with Crippen molar-refractivity contribution in [1.29, 1.82) is 0 Å². The molecule has 0 radical (unpaired) electrons. The molecule has 2 rings (SSSR count). The van der Waals surface area contributed by atoms with Crippen LogP contribution in [0.15, 0.2) is 36.4 Å². The minimum Gasteiger partial charge on any atom is -0.465 e. The molecule has 2 aromatic rings. The molecule has 0 saturated carbocycles. The van der Waals surface area contributed by atoms with Crippen LogP contribution in [0.1, 0.15) is 36.8 Å². The van der Waals surface area contributed by atoms with Crippen LogP contribution in [-0.4, -0.2) is 24.3 Å². The van der Waals surface area contributed by atoms with Crippen molar-refractivity contribution in [2.75, 3.05) is 13.2 Å². The van der Waals surface area contributed by atoms with Gasteiger partial charge in [0.25, 0.3) is 5.09 Å². The molecule has 6 heteroatoms. The fourth-order valence-electron chi connectivity index (χ4n) is 2.43. The van der Waals surface area contributed by atoms with Crippen LogP contribution in [0, 0.1) is 17.0 Å². The monoisotopic (exact) mass is 331 g/mol. The lowest BCUT2D eigenvalue weighted by molar-refractivity contribution is -0.757. The van der Waals surface area contributed by atoms with Crippen molar-refractivity contribution >= 4 is 16.7 Å². The van der Waals surface area contributed by atoms with E-state index in [1.165, 1.54) is 5.56 Å². The topological polar surface area (TPSA) is 78.7 Å². The highest BCUT2D eigenvalue weighted by Gasteiger charge is 2.17. The van der Waals surface area contributed by atoms with E-state index >= 15 is 0 Å². The third-order valence-corrected chi connectivity index (χ3v) is 3.85. The highest BCUT2D eigenvalue weighted by molar-refractivity contribution is 5.86. The van der Waals surface area contributed by atoms with Crippen LogP contribution in [0.4, 0.5) is 0 Å². The smallest absolute Gasteiger partial charge is 0.313 e. The number of hydrogen-bond donors (Lipinski definition) is 0. The summed E-state index contributed by atoms with van der Waals surface area (Å²) in [7, 11) is 0. The molecule has 0 N–H and O–H groups in total. The van der Waals surface area contributed by atoms with Gasteiger partial charge in [-0.15, -0.1) is 10.1 Å². The Morgan fingerprint density at radius 3 is 2.54 bits per heavy atom. The van der Waals surface area contributed by atoms with Crippen LogP contribution in [-0.2, 0) is 14.4 Å². The summed E-state index contributed by atoms with van der Waals surface area (Å²) in [6.07, 6.45) is 1.00. The second-order valence-electron chi connectivity index (χ2n) is 5.76. The number of benzene rings is 2. The zero-order chi connectivity index (χ0) is 17.5. The molecule has 0 bridgehead atoms. The van der Waals surface area contributed by atoms with Gasteiger partial charge >= 0.3 is 5.97 Å². The predicted molar refractivity (Wildman–Crippen MR) is 90.2 cm³/mol. The van der Waals surface area contributed by atoms with Gasteiger partial charge < -0.3 is 9.57 Å². The minimum atomic E-state index is -0.824. The summed E-state index contributed by atoms with van der Waals surface area (Å²) in [5, 5.41) is 11.4. The first-order valence-corrected chi connectivity index (χ1v) is 7.91. The molecular weight excluding hydrogens is 310 g/mol. The van der Waals surface area contributed by atoms with Crippen LogP contribution in [0.3, 0.4) is 0 Å². The molecule has 0 unspecified atom stereocenters. The molecule has 0 aliphatic rings. The van der Waals surface area contributed by atoms with Gasteiger partial charge in [-0.05, 0) is 43.0 Å². The van der Waals surface area contributed by atoms with Crippen LogP contribution in [0.5, 0.6) is 0 Å². The number of unbranched alkanes of at least 4 members (excludes halogenated alkanes) is 1. The van der Waals surface area contributed by atoms with Crippen LogP contribution in [0.2, 0.25) is 0 Å². The molecule has 128 valence electrons. The van der Waals surface area contributed by atoms with Gasteiger partial charge in [0.15, 0.2) is 0 Å². The Hall–Kier alpha value is -2.63. The Balaban J connectivity index is 1.86. The Bertz CT molecular complexity index is 728. The van der Waals surface area contributed by atoms with Crippen molar-refractivity contribution in [3.8, 4) is 0 Å². The zero-order valence-electron chi connectivity index (χ0n) is 13.9. The summed E-state index contributed by atoms with van der Waals surface area (Å²) < 4.78 is 5.23. The van der Waals surface area contributed by atoms with E-state index < -0.39 is 5.09 Å². The molecule has 0 spiro atoms. The fourth-order valence-corrected chi connectivity index (χ4v) is 2.43. The van der Waals surface area contributed by atoms with Gasteiger partial charge in [0.05, 0.1) is 19.1 Å². The molecule has 0 aliphatic carbocycles. The van der Waals surface area contributed by atoms with E-state index in [0.29, 0.717) is 12.8 Å². The second-order valence-corrected chi connectivity index (χ2v) is 5.76. The molecule has 6 nitrogen and oxygen atoms in total. The molecule has 0 aromatic heterocycles. The zero-order valence-corrected chi connectivity index (χ0v) is 13.9. The maximum absolute atomic E-state index is 12.1. The van der Waals surface area contributed by atoms with Crippen molar-refractivity contribution in [3.63, 3.8) is 0 Å². The number of carbonyl (C=O) groups excluding carboxylic acids is 1. The third kappa shape index (κ3) is 4.94. The molecular formula is C18H21NO5. The molecule has 0 saturated heterocycles. The van der Waals surface area contributed by atoms with Gasteiger partial charge in [-0.1, -0.05) is 42.0 Å². The molecule has 2 aromatic carbocycles. The van der Waals surface area contributed by atoms with Crippen molar-refractivity contribution in [2.24, 2.45) is 0 Å². The lowest BCUT2D eigenvalue weighted by Crippen LogP contribution is -2.14. The lowest BCUT2D eigenvalue weighted by atomic mass is 9.97. The van der Waals surface area contributed by atoms with Gasteiger partial charge in [-0.25, -0.2) is 0 Å². The van der Waals surface area contributed by atoms with E-state index in [1.54, 1.807) is 0 Å². The number of esters is 1. The summed E-state index contributed by atoms with van der Waals surface area (Å²) in [5.74, 6) is -0.651. The number of rotatable bonds is 8. The van der Waals surface area contributed by atoms with E-state index in [0.717, 1.165) is 16.3 Å². The van der Waals surface area contributed by atoms with E-state index in [9.17, 15) is 14.9 Å². The van der Waals surface area contributed by atoms with Gasteiger partial charge in [0.2, 0.25) is 0 Å². The lowest BCUT2D eigenvalue weighted by Gasteiger charge is -2.13. The maximum atomic E-state index is 12.1. The summed E-state index contributed by atoms with van der Waals surface area (Å²) >= 11 is 0. The molecule has 0 fully saturated rings. The normalized spacial score (nSPS) is 11.9. The van der Waals surface area contributed by atoms with Crippen molar-refractivity contribution < 1.29 is 19.5 Å². The summed E-state index contributed by atoms with van der Waals surface area (Å²) in [6.45, 7) is 4.11. The second kappa shape index (κ2) is 8.29. The summed E-state index contributed by atoms with van der Waals surface area (Å²) in [5.41, 5.74) is 2.11. The highest BCUT2D eigenvalue weighted by atomic mass is 16.9. The van der Waals surface area contributed by atoms with Gasteiger partial charge in [0.1, 0.15) is 0 Å². The molecule has 1 atom stereocenters. The molecule has 24 heavy (non-hydrogen) atoms. The molecule has 0 amide bonds. The van der Waals surface area contributed by atoms with E-state index in [4.69, 9.17) is 4.74 Å². The minimum absolute atomic E-state index is 0.0181. The Morgan fingerprint density at radius 1 is 1.12 bits per heavy atom. The van der Waals surface area contributed by atoms with E-state index in [2.05, 4.69) is 10.9 Å². The van der Waals surface area contributed by atoms with Crippen molar-refractivity contribution in [2.45, 2.75) is 32.6 Å². The standard InChI is InChI=1S/C18H21NO5/c1-13-5-6-17-12-15(7-8-16(17)11-13)14(2)18(20)23-9-3-4-10-24-19(21)22/h5-8,11-12,14H,3-4,9-10H2,1-2H3/t14-/m0/s1. The van der Waals surface area contributed by atoms with Crippen molar-refractivity contribution in [3.05, 3.63) is 57.6 Å². The Labute approximate surface area is 140 Å². The third-order valence-electron chi connectivity index (χ3n) is 3.85. The molecule has 0 heterocycles. The van der Waals surface area contributed by atoms with E-state index in [1.807, 2.05) is 44.2 Å². The average molecular weight is 331 g/mol. The van der Waals surface area contributed by atoms with Crippen LogP contribution >= 0.6 is 0 Å². The molecule has 0 aliphatic heterocycles. The largest absolute Gasteiger partial charge is 0.465 e. The first-order valence-electron chi connectivity index (χ1n) is 7.91. The SMILES string of the molecule is Cc1ccc2cc([C@H](C)C(=O)OCCCCO[N+](=O)[O-])ccc2c1.